The van der Waals surface area contributed by atoms with Gasteiger partial charge in [0.1, 0.15) is 22.1 Å². The molecule has 1 N–H and O–H groups in total. The molecule has 0 saturated carbocycles. The first-order valence-corrected chi connectivity index (χ1v) is 12.4. The minimum Gasteiger partial charge on any atom is -0.496 e. The number of carbonyl (C=O) groups excluding carboxylic acids is 3. The molecule has 0 bridgehead atoms. The van der Waals surface area contributed by atoms with Crippen LogP contribution in [0.4, 0.5) is 0 Å². The molecular formula is C28H28ClNO6. The molecule has 0 fully saturated rings. The lowest BCUT2D eigenvalue weighted by atomic mass is 9.66. The van der Waals surface area contributed by atoms with Gasteiger partial charge >= 0.3 is 0 Å². The van der Waals surface area contributed by atoms with Gasteiger partial charge in [-0.05, 0) is 23.5 Å². The van der Waals surface area contributed by atoms with Gasteiger partial charge in [0.2, 0.25) is 23.1 Å². The van der Waals surface area contributed by atoms with Gasteiger partial charge in [-0.2, -0.15) is 0 Å². The summed E-state index contributed by atoms with van der Waals surface area (Å²) in [5.74, 6) is -1.20. The smallest absolute Gasteiger partial charge is 0.236 e. The van der Waals surface area contributed by atoms with E-state index in [9.17, 15) is 14.4 Å². The van der Waals surface area contributed by atoms with Crippen molar-refractivity contribution in [2.45, 2.75) is 51.0 Å². The summed E-state index contributed by atoms with van der Waals surface area (Å²) in [7, 11) is 2.88. The Hall–Kier alpha value is -3.32. The van der Waals surface area contributed by atoms with Gasteiger partial charge in [0.15, 0.2) is 5.75 Å². The van der Waals surface area contributed by atoms with Crippen molar-refractivity contribution < 1.29 is 28.6 Å². The standard InChI is InChI=1S/C28H28ClNO6/c1-13(2)15-6-8-16(9-7-15)17-11-21(31)30-18-10-14(3)28(26(32)22(17)18)27(33)23-19(34-4)12-20(35-5)24(29)25(23)36-28/h6-9,12-14,17H,10-11H2,1-5H3,(H,30,31)/t14-,17?,28+/m1/s1. The number of methoxy groups -OCH3 is 2. The van der Waals surface area contributed by atoms with E-state index in [4.69, 9.17) is 25.8 Å². The molecule has 5 rings (SSSR count). The normalized spacial score (nSPS) is 25.0. The summed E-state index contributed by atoms with van der Waals surface area (Å²) < 4.78 is 17.0. The Labute approximate surface area is 214 Å². The van der Waals surface area contributed by atoms with Crippen molar-refractivity contribution in [1.82, 2.24) is 5.32 Å². The summed E-state index contributed by atoms with van der Waals surface area (Å²) in [5, 5.41) is 2.99. The third-order valence-electron chi connectivity index (χ3n) is 7.56. The number of Topliss-reactive ketones (excluding diaryl/α,β-unsaturated/α-hetero) is 2. The highest BCUT2D eigenvalue weighted by molar-refractivity contribution is 6.36. The summed E-state index contributed by atoms with van der Waals surface area (Å²) in [6, 6.07) is 9.46. The van der Waals surface area contributed by atoms with Crippen molar-refractivity contribution in [3.8, 4) is 17.2 Å². The maximum Gasteiger partial charge on any atom is 0.236 e. The predicted molar refractivity (Wildman–Crippen MR) is 134 cm³/mol. The van der Waals surface area contributed by atoms with E-state index in [2.05, 4.69) is 19.2 Å². The molecule has 1 aliphatic carbocycles. The average Bonchev–Trinajstić information content (AvgIpc) is 3.17. The largest absolute Gasteiger partial charge is 0.496 e. The molecule has 3 aliphatic rings. The molecular weight excluding hydrogens is 482 g/mol. The van der Waals surface area contributed by atoms with Crippen molar-refractivity contribution in [2.24, 2.45) is 5.92 Å². The van der Waals surface area contributed by atoms with Crippen LogP contribution in [0.3, 0.4) is 0 Å². The van der Waals surface area contributed by atoms with Crippen LogP contribution in [0.2, 0.25) is 5.02 Å². The third kappa shape index (κ3) is 3.36. The zero-order chi connectivity index (χ0) is 25.9. The predicted octanol–water partition coefficient (Wildman–Crippen LogP) is 4.96. The van der Waals surface area contributed by atoms with Gasteiger partial charge < -0.3 is 19.5 Å². The van der Waals surface area contributed by atoms with Gasteiger partial charge in [0.25, 0.3) is 0 Å². The van der Waals surface area contributed by atoms with Crippen molar-refractivity contribution in [1.29, 1.82) is 0 Å². The van der Waals surface area contributed by atoms with Crippen molar-refractivity contribution in [3.63, 3.8) is 0 Å². The van der Waals surface area contributed by atoms with Gasteiger partial charge in [0.05, 0.1) is 14.2 Å². The first-order valence-electron chi connectivity index (χ1n) is 12.0. The van der Waals surface area contributed by atoms with E-state index in [0.717, 1.165) is 11.1 Å². The molecule has 1 amide bonds. The van der Waals surface area contributed by atoms with Crippen LogP contribution < -0.4 is 19.5 Å². The highest BCUT2D eigenvalue weighted by Gasteiger charge is 2.63. The number of rotatable bonds is 4. The first-order chi connectivity index (χ1) is 17.1. The van der Waals surface area contributed by atoms with E-state index in [-0.39, 0.29) is 40.2 Å². The quantitative estimate of drug-likeness (QED) is 0.586. The molecule has 8 heteroatoms. The van der Waals surface area contributed by atoms with Crippen LogP contribution >= 0.6 is 11.6 Å². The molecule has 3 atom stereocenters. The molecule has 0 saturated heterocycles. The third-order valence-corrected chi connectivity index (χ3v) is 7.92. The lowest BCUT2D eigenvalue weighted by molar-refractivity contribution is -0.131. The zero-order valence-electron chi connectivity index (χ0n) is 20.9. The Balaban J connectivity index is 1.63. The number of fused-ring (bicyclic) bond motifs is 1. The fourth-order valence-electron chi connectivity index (χ4n) is 5.59. The van der Waals surface area contributed by atoms with E-state index in [0.29, 0.717) is 23.6 Å². The fourth-order valence-corrected chi connectivity index (χ4v) is 5.85. The van der Waals surface area contributed by atoms with Crippen molar-refractivity contribution >= 4 is 29.1 Å². The number of ether oxygens (including phenoxy) is 3. The van der Waals surface area contributed by atoms with Crippen LogP contribution in [0.15, 0.2) is 41.6 Å². The molecule has 2 aromatic carbocycles. The van der Waals surface area contributed by atoms with Gasteiger partial charge in [-0.15, -0.1) is 0 Å². The minimum absolute atomic E-state index is 0.0831. The van der Waals surface area contributed by atoms with Gasteiger partial charge in [-0.25, -0.2) is 0 Å². The molecule has 2 aliphatic heterocycles. The Kier molecular flexibility index (Phi) is 5.86. The maximum atomic E-state index is 14.3. The van der Waals surface area contributed by atoms with E-state index in [1.54, 1.807) is 6.92 Å². The van der Waals surface area contributed by atoms with Crippen LogP contribution in [-0.4, -0.2) is 37.3 Å². The number of hydrogen-bond acceptors (Lipinski definition) is 6. The monoisotopic (exact) mass is 509 g/mol. The van der Waals surface area contributed by atoms with Crippen LogP contribution in [0, 0.1) is 5.92 Å². The summed E-state index contributed by atoms with van der Waals surface area (Å²) in [6.07, 6.45) is 0.402. The highest BCUT2D eigenvalue weighted by atomic mass is 35.5. The molecule has 0 aromatic heterocycles. The summed E-state index contributed by atoms with van der Waals surface area (Å²) >= 11 is 6.53. The SMILES string of the molecule is COc1cc(OC)c2c(c1Cl)O[C@@]1(C(=O)C3=C(C[C@H]1C)NC(=O)CC3c1ccc(C(C)C)cc1)C2=O. The number of nitrogens with one attached hydrogen (secondary N) is 1. The van der Waals surface area contributed by atoms with E-state index < -0.39 is 29.0 Å². The number of halogens is 1. The first kappa shape index (κ1) is 24.4. The van der Waals surface area contributed by atoms with E-state index in [1.165, 1.54) is 20.3 Å². The molecule has 1 unspecified atom stereocenters. The highest BCUT2D eigenvalue weighted by Crippen LogP contribution is 2.55. The van der Waals surface area contributed by atoms with E-state index >= 15 is 0 Å². The lowest BCUT2D eigenvalue weighted by Crippen LogP contribution is -2.59. The summed E-state index contributed by atoms with van der Waals surface area (Å²) in [5.41, 5.74) is 1.30. The van der Waals surface area contributed by atoms with Crippen molar-refractivity contribution in [3.05, 3.63) is 63.3 Å². The average molecular weight is 510 g/mol. The number of hydrogen-bond donors (Lipinski definition) is 1. The lowest BCUT2D eigenvalue weighted by Gasteiger charge is -2.41. The van der Waals surface area contributed by atoms with E-state index in [1.807, 2.05) is 24.3 Å². The van der Waals surface area contributed by atoms with Crippen LogP contribution in [0.25, 0.3) is 0 Å². The maximum absolute atomic E-state index is 14.3. The molecule has 2 heterocycles. The molecule has 188 valence electrons. The van der Waals surface area contributed by atoms with Crippen LogP contribution in [0.5, 0.6) is 17.2 Å². The molecule has 0 radical (unpaired) electrons. The fraction of sp³-hybridized carbons (Fsp3) is 0.393. The van der Waals surface area contributed by atoms with Crippen LogP contribution in [-0.2, 0) is 9.59 Å². The summed E-state index contributed by atoms with van der Waals surface area (Å²) in [6.45, 7) is 5.99. The second-order valence-electron chi connectivity index (χ2n) is 9.92. The molecule has 2 aromatic rings. The Morgan fingerprint density at radius 3 is 2.31 bits per heavy atom. The van der Waals surface area contributed by atoms with Gasteiger partial charge in [0, 0.05) is 35.6 Å². The Bertz CT molecular complexity index is 1330. The Morgan fingerprint density at radius 2 is 1.69 bits per heavy atom. The number of benzene rings is 2. The summed E-state index contributed by atoms with van der Waals surface area (Å²) in [4.78, 5) is 41.0. The second kappa shape index (κ2) is 8.66. The number of carbonyl (C=O) groups is 3. The topological polar surface area (TPSA) is 90.9 Å². The van der Waals surface area contributed by atoms with Crippen LogP contribution in [0.1, 0.15) is 66.9 Å². The minimum atomic E-state index is -1.80. The number of amides is 1. The zero-order valence-corrected chi connectivity index (χ0v) is 21.6. The number of ketones is 2. The van der Waals surface area contributed by atoms with Crippen molar-refractivity contribution in [2.75, 3.05) is 14.2 Å². The van der Waals surface area contributed by atoms with Gasteiger partial charge in [-0.3, -0.25) is 14.4 Å². The van der Waals surface area contributed by atoms with Gasteiger partial charge in [-0.1, -0.05) is 56.6 Å². The number of allylic oxidation sites excluding steroid dienone is 1. The second-order valence-corrected chi connectivity index (χ2v) is 10.3. The molecule has 1 spiro atoms. The molecule has 36 heavy (non-hydrogen) atoms. The Morgan fingerprint density at radius 1 is 1.03 bits per heavy atom. The molecule has 7 nitrogen and oxygen atoms in total.